The van der Waals surface area contributed by atoms with Crippen LogP contribution in [0.2, 0.25) is 0 Å². The van der Waals surface area contributed by atoms with Crippen molar-refractivity contribution in [2.24, 2.45) is 0 Å². The third-order valence-electron chi connectivity index (χ3n) is 5.70. The number of hydrogen-bond acceptors (Lipinski definition) is 5. The van der Waals surface area contributed by atoms with E-state index >= 15 is 0 Å². The number of rotatable bonds is 14. The number of carbonyl (C=O) groups excluding carboxylic acids is 1. The van der Waals surface area contributed by atoms with E-state index in [1.165, 1.54) is 0 Å². The highest BCUT2D eigenvalue weighted by atomic mass is 16.6. The first kappa shape index (κ1) is 27.5. The van der Waals surface area contributed by atoms with Gasteiger partial charge >= 0.3 is 12.2 Å². The Balaban J connectivity index is 1.61. The SMILES string of the molecule is O=C(O)NCc1ccc(-c2ccccc2)c(OCCCN(CCCCO)C(=O)OCc2ccccc2)c1. The van der Waals surface area contributed by atoms with E-state index in [-0.39, 0.29) is 19.8 Å². The van der Waals surface area contributed by atoms with Crippen molar-refractivity contribution in [3.05, 3.63) is 90.0 Å². The van der Waals surface area contributed by atoms with Gasteiger partial charge in [-0.3, -0.25) is 0 Å². The number of carbonyl (C=O) groups is 2. The van der Waals surface area contributed by atoms with Crippen LogP contribution in [0.4, 0.5) is 9.59 Å². The lowest BCUT2D eigenvalue weighted by Crippen LogP contribution is -2.34. The highest BCUT2D eigenvalue weighted by Gasteiger charge is 2.15. The summed E-state index contributed by atoms with van der Waals surface area (Å²) in [6.45, 7) is 1.74. The summed E-state index contributed by atoms with van der Waals surface area (Å²) in [6, 6.07) is 25.0. The fraction of sp³-hybridized carbons (Fsp3) is 0.310. The zero-order chi connectivity index (χ0) is 26.3. The van der Waals surface area contributed by atoms with E-state index in [4.69, 9.17) is 19.7 Å². The molecule has 0 atom stereocenters. The quantitative estimate of drug-likeness (QED) is 0.256. The zero-order valence-corrected chi connectivity index (χ0v) is 20.8. The second-order valence-corrected chi connectivity index (χ2v) is 8.52. The van der Waals surface area contributed by atoms with Crippen LogP contribution >= 0.6 is 0 Å². The predicted molar refractivity (Wildman–Crippen MR) is 141 cm³/mol. The molecule has 0 aliphatic carbocycles. The van der Waals surface area contributed by atoms with Crippen molar-refractivity contribution in [3.63, 3.8) is 0 Å². The maximum absolute atomic E-state index is 12.7. The van der Waals surface area contributed by atoms with E-state index in [9.17, 15) is 9.59 Å². The molecule has 37 heavy (non-hydrogen) atoms. The number of unbranched alkanes of at least 4 members (excludes halogenated alkanes) is 1. The van der Waals surface area contributed by atoms with Crippen molar-refractivity contribution in [2.75, 3.05) is 26.3 Å². The van der Waals surface area contributed by atoms with Crippen molar-refractivity contribution in [2.45, 2.75) is 32.4 Å². The van der Waals surface area contributed by atoms with Crippen LogP contribution in [-0.4, -0.2) is 53.6 Å². The molecule has 3 aromatic rings. The monoisotopic (exact) mass is 506 g/mol. The Hall–Kier alpha value is -4.04. The van der Waals surface area contributed by atoms with Crippen LogP contribution < -0.4 is 10.1 Å². The number of hydrogen-bond donors (Lipinski definition) is 3. The molecule has 196 valence electrons. The number of carboxylic acid groups (broad SMARTS) is 1. The van der Waals surface area contributed by atoms with Gasteiger partial charge in [-0.2, -0.15) is 0 Å². The summed E-state index contributed by atoms with van der Waals surface area (Å²) in [7, 11) is 0. The number of ether oxygens (including phenoxy) is 2. The molecule has 0 aromatic heterocycles. The van der Waals surface area contributed by atoms with Crippen molar-refractivity contribution >= 4 is 12.2 Å². The molecule has 0 aliphatic rings. The smallest absolute Gasteiger partial charge is 0.410 e. The number of aliphatic hydroxyl groups is 1. The summed E-state index contributed by atoms with van der Waals surface area (Å²) in [5.74, 6) is 0.648. The van der Waals surface area contributed by atoms with Crippen LogP contribution in [0.15, 0.2) is 78.9 Å². The van der Waals surface area contributed by atoms with Crippen LogP contribution in [0.1, 0.15) is 30.4 Å². The van der Waals surface area contributed by atoms with Crippen molar-refractivity contribution in [3.8, 4) is 16.9 Å². The Kier molecular flexibility index (Phi) is 11.3. The van der Waals surface area contributed by atoms with Gasteiger partial charge in [-0.15, -0.1) is 0 Å². The van der Waals surface area contributed by atoms with Crippen LogP contribution in [0.25, 0.3) is 11.1 Å². The number of aliphatic hydroxyl groups excluding tert-OH is 1. The fourth-order valence-electron chi connectivity index (χ4n) is 3.79. The Morgan fingerprint density at radius 2 is 1.54 bits per heavy atom. The molecule has 3 N–H and O–H groups in total. The molecular weight excluding hydrogens is 472 g/mol. The van der Waals surface area contributed by atoms with E-state index in [1.807, 2.05) is 78.9 Å². The molecule has 8 heteroatoms. The summed E-state index contributed by atoms with van der Waals surface area (Å²) in [5, 5.41) is 20.4. The maximum Gasteiger partial charge on any atom is 0.410 e. The van der Waals surface area contributed by atoms with Crippen molar-refractivity contribution in [1.82, 2.24) is 10.2 Å². The van der Waals surface area contributed by atoms with Gasteiger partial charge < -0.3 is 29.9 Å². The van der Waals surface area contributed by atoms with Gasteiger partial charge in [0.15, 0.2) is 0 Å². The number of nitrogens with one attached hydrogen (secondary N) is 1. The lowest BCUT2D eigenvalue weighted by molar-refractivity contribution is 0.0926. The standard InChI is InChI=1S/C29H34N2O6/c32-18-8-7-16-31(29(35)37-22-23-10-3-1-4-11-23)17-9-19-36-27-20-24(21-30-28(33)34)14-15-26(27)25-12-5-2-6-13-25/h1-6,10-15,20,30,32H,7-9,16-19,21-22H2,(H,33,34). The molecule has 0 spiro atoms. The van der Waals surface area contributed by atoms with Crippen molar-refractivity contribution < 1.29 is 29.3 Å². The summed E-state index contributed by atoms with van der Waals surface area (Å²) < 4.78 is 11.6. The predicted octanol–water partition coefficient (Wildman–Crippen LogP) is 5.30. The van der Waals surface area contributed by atoms with Crippen LogP contribution in [-0.2, 0) is 17.9 Å². The van der Waals surface area contributed by atoms with Gasteiger partial charge in [0.2, 0.25) is 0 Å². The van der Waals surface area contributed by atoms with Gasteiger partial charge in [0, 0.05) is 31.8 Å². The Labute approximate surface area is 217 Å². The number of nitrogens with zero attached hydrogens (tertiary/aromatic N) is 1. The highest BCUT2D eigenvalue weighted by molar-refractivity contribution is 5.71. The molecule has 0 saturated carbocycles. The van der Waals surface area contributed by atoms with E-state index in [2.05, 4.69) is 5.32 Å². The molecular formula is C29H34N2O6. The van der Waals surface area contributed by atoms with Gasteiger partial charge in [-0.05, 0) is 42.0 Å². The first-order valence-electron chi connectivity index (χ1n) is 12.4. The Morgan fingerprint density at radius 1 is 0.838 bits per heavy atom. The topological polar surface area (TPSA) is 108 Å². The largest absolute Gasteiger partial charge is 0.493 e. The second kappa shape index (κ2) is 15.2. The van der Waals surface area contributed by atoms with Crippen molar-refractivity contribution in [1.29, 1.82) is 0 Å². The maximum atomic E-state index is 12.7. The summed E-state index contributed by atoms with van der Waals surface area (Å²) in [6.07, 6.45) is 0.375. The molecule has 8 nitrogen and oxygen atoms in total. The molecule has 2 amide bonds. The van der Waals surface area contributed by atoms with Gasteiger partial charge in [0.1, 0.15) is 12.4 Å². The summed E-state index contributed by atoms with van der Waals surface area (Å²) in [5.41, 5.74) is 3.60. The molecule has 0 radical (unpaired) electrons. The third kappa shape index (κ3) is 9.50. The number of benzene rings is 3. The van der Waals surface area contributed by atoms with Gasteiger partial charge in [-0.25, -0.2) is 9.59 Å². The lowest BCUT2D eigenvalue weighted by atomic mass is 10.0. The number of amides is 2. The van der Waals surface area contributed by atoms with E-state index in [1.54, 1.807) is 4.90 Å². The first-order chi connectivity index (χ1) is 18.1. The lowest BCUT2D eigenvalue weighted by Gasteiger charge is -2.22. The van der Waals surface area contributed by atoms with Gasteiger partial charge in [-0.1, -0.05) is 72.8 Å². The summed E-state index contributed by atoms with van der Waals surface area (Å²) >= 11 is 0. The summed E-state index contributed by atoms with van der Waals surface area (Å²) in [4.78, 5) is 25.3. The molecule has 0 aliphatic heterocycles. The average Bonchev–Trinajstić information content (AvgIpc) is 2.93. The Bertz CT molecular complexity index is 1110. The molecule has 0 unspecified atom stereocenters. The van der Waals surface area contributed by atoms with Gasteiger partial charge in [0.05, 0.1) is 6.61 Å². The highest BCUT2D eigenvalue weighted by Crippen LogP contribution is 2.31. The van der Waals surface area contributed by atoms with E-state index in [0.717, 1.165) is 22.3 Å². The van der Waals surface area contributed by atoms with Gasteiger partial charge in [0.25, 0.3) is 0 Å². The molecule has 0 saturated heterocycles. The minimum absolute atomic E-state index is 0.0748. The molecule has 0 fully saturated rings. The van der Waals surface area contributed by atoms with E-state index < -0.39 is 12.2 Å². The first-order valence-corrected chi connectivity index (χ1v) is 12.4. The molecule has 0 bridgehead atoms. The van der Waals surface area contributed by atoms with Crippen LogP contribution in [0.5, 0.6) is 5.75 Å². The normalized spacial score (nSPS) is 10.5. The fourth-order valence-corrected chi connectivity index (χ4v) is 3.79. The molecule has 0 heterocycles. The molecule has 3 aromatic carbocycles. The van der Waals surface area contributed by atoms with E-state index in [0.29, 0.717) is 44.7 Å². The minimum atomic E-state index is -1.09. The van der Waals surface area contributed by atoms with Crippen LogP contribution in [0.3, 0.4) is 0 Å². The third-order valence-corrected chi connectivity index (χ3v) is 5.70. The zero-order valence-electron chi connectivity index (χ0n) is 20.8. The van der Waals surface area contributed by atoms with Crippen LogP contribution in [0, 0.1) is 0 Å². The average molecular weight is 507 g/mol. The second-order valence-electron chi connectivity index (χ2n) is 8.52. The Morgan fingerprint density at radius 3 is 2.24 bits per heavy atom. The molecule has 3 rings (SSSR count). The minimum Gasteiger partial charge on any atom is -0.493 e.